The second-order valence-corrected chi connectivity index (χ2v) is 3.40. The number of nitrogens with two attached hydrogens (primary N) is 1. The molecule has 0 saturated heterocycles. The zero-order valence-electron chi connectivity index (χ0n) is 5.10. The number of ether oxygens (including phenoxy) is 1. The lowest BCUT2D eigenvalue weighted by Gasteiger charge is -2.07. The van der Waals surface area contributed by atoms with Gasteiger partial charge in [-0.2, -0.15) is 0 Å². The average molecular weight is 165 g/mol. The van der Waals surface area contributed by atoms with Gasteiger partial charge in [0, 0.05) is 0 Å². The van der Waals surface area contributed by atoms with E-state index in [0.717, 1.165) is 0 Å². The molecule has 7 heteroatoms. The maximum Gasteiger partial charge on any atom is 0.229 e. The van der Waals surface area contributed by atoms with E-state index in [4.69, 9.17) is 5.14 Å². The average Bonchev–Trinajstić information content (AvgIpc) is 2.12. The summed E-state index contributed by atoms with van der Waals surface area (Å²) in [5.74, 6) is -0.302. The fourth-order valence-electron chi connectivity index (χ4n) is 0.531. The van der Waals surface area contributed by atoms with Crippen LogP contribution >= 0.6 is 0 Å². The van der Waals surface area contributed by atoms with Crippen LogP contribution in [-0.4, -0.2) is 32.4 Å². The minimum absolute atomic E-state index is 0.149. The van der Waals surface area contributed by atoms with E-state index in [0.29, 0.717) is 0 Å². The second kappa shape index (κ2) is 2.43. The van der Waals surface area contributed by atoms with Crippen molar-refractivity contribution in [3.63, 3.8) is 0 Å². The summed E-state index contributed by atoms with van der Waals surface area (Å²) in [4.78, 5) is 0. The third kappa shape index (κ3) is 2.19. The highest BCUT2D eigenvalue weighted by Gasteiger charge is 2.12. The lowest BCUT2D eigenvalue weighted by atomic mass is 11.1. The number of nitrogens with zero attached hydrogens (tertiary/aromatic N) is 2. The summed E-state index contributed by atoms with van der Waals surface area (Å²) >= 11 is 0. The van der Waals surface area contributed by atoms with Crippen molar-refractivity contribution in [1.29, 1.82) is 0 Å². The molecule has 0 saturated carbocycles. The molecule has 1 rings (SSSR count). The highest BCUT2D eigenvalue weighted by atomic mass is 32.2. The lowest BCUT2D eigenvalue weighted by molar-refractivity contribution is 0.193. The fraction of sp³-hybridized carbons (Fsp3) is 0.667. The molecule has 58 valence electrons. The molecular weight excluding hydrogens is 158 g/mol. The van der Waals surface area contributed by atoms with Crippen LogP contribution in [0.25, 0.3) is 0 Å². The first-order chi connectivity index (χ1) is 4.58. The van der Waals surface area contributed by atoms with Gasteiger partial charge >= 0.3 is 0 Å². The van der Waals surface area contributed by atoms with E-state index in [1.165, 1.54) is 11.4 Å². The van der Waals surface area contributed by atoms with Crippen LogP contribution in [0.2, 0.25) is 0 Å². The molecule has 2 N–H and O–H groups in total. The van der Waals surface area contributed by atoms with Crippen LogP contribution in [0, 0.1) is 0 Å². The molecule has 0 atom stereocenters. The summed E-state index contributed by atoms with van der Waals surface area (Å²) < 4.78 is 25.4. The minimum atomic E-state index is -3.48. The first-order valence-electron chi connectivity index (χ1n) is 2.47. The van der Waals surface area contributed by atoms with Gasteiger partial charge in [0.15, 0.2) is 19.0 Å². The standard InChI is InChI=1S/C3H7N3O3S/c4-10(7,8)3-6-2-9-1-5-6/h1H,2-3H2,(H2,4,7,8). The van der Waals surface area contributed by atoms with Gasteiger partial charge in [0.2, 0.25) is 10.0 Å². The maximum atomic E-state index is 10.4. The molecule has 6 nitrogen and oxygen atoms in total. The topological polar surface area (TPSA) is 85.0 Å². The van der Waals surface area contributed by atoms with Crippen LogP contribution in [0.3, 0.4) is 0 Å². The molecule has 0 spiro atoms. The molecule has 1 heterocycles. The molecular formula is C3H7N3O3S. The van der Waals surface area contributed by atoms with E-state index in [1.54, 1.807) is 0 Å². The van der Waals surface area contributed by atoms with Crippen LogP contribution in [0.1, 0.15) is 0 Å². The molecule has 0 amide bonds. The molecule has 1 aliphatic rings. The first-order valence-corrected chi connectivity index (χ1v) is 4.19. The Morgan fingerprint density at radius 3 is 2.90 bits per heavy atom. The summed E-state index contributed by atoms with van der Waals surface area (Å²) in [6.45, 7) is 0.149. The van der Waals surface area contributed by atoms with Crippen molar-refractivity contribution in [3.8, 4) is 0 Å². The van der Waals surface area contributed by atoms with Crippen molar-refractivity contribution >= 4 is 16.4 Å². The number of hydrogen-bond donors (Lipinski definition) is 1. The zero-order chi connectivity index (χ0) is 7.61. The highest BCUT2D eigenvalue weighted by molar-refractivity contribution is 7.89. The summed E-state index contributed by atoms with van der Waals surface area (Å²) in [6, 6.07) is 0. The quantitative estimate of drug-likeness (QED) is 0.537. The van der Waals surface area contributed by atoms with Gasteiger partial charge in [0.05, 0.1) is 0 Å². The Bertz CT molecular complexity index is 233. The molecule has 0 aromatic rings. The van der Waals surface area contributed by atoms with Crippen LogP contribution < -0.4 is 5.14 Å². The van der Waals surface area contributed by atoms with E-state index in [-0.39, 0.29) is 12.6 Å². The van der Waals surface area contributed by atoms with Gasteiger partial charge in [0.1, 0.15) is 0 Å². The van der Waals surface area contributed by atoms with Crippen molar-refractivity contribution in [1.82, 2.24) is 5.01 Å². The van der Waals surface area contributed by atoms with E-state index >= 15 is 0 Å². The predicted octanol–water partition coefficient (Wildman–Crippen LogP) is -1.53. The smallest absolute Gasteiger partial charge is 0.229 e. The monoisotopic (exact) mass is 165 g/mol. The van der Waals surface area contributed by atoms with Gasteiger partial charge in [-0.15, -0.1) is 5.10 Å². The van der Waals surface area contributed by atoms with Crippen LogP contribution in [0.15, 0.2) is 5.10 Å². The molecule has 1 aliphatic heterocycles. The molecule has 10 heavy (non-hydrogen) atoms. The Kier molecular flexibility index (Phi) is 1.77. The molecule has 0 aliphatic carbocycles. The molecule has 0 fully saturated rings. The molecule has 0 aromatic carbocycles. The van der Waals surface area contributed by atoms with Gasteiger partial charge in [0.25, 0.3) is 0 Å². The van der Waals surface area contributed by atoms with Crippen molar-refractivity contribution in [2.45, 2.75) is 0 Å². The maximum absolute atomic E-state index is 10.4. The fourth-order valence-corrected chi connectivity index (χ4v) is 1.09. The van der Waals surface area contributed by atoms with Gasteiger partial charge in [-0.3, -0.25) is 0 Å². The van der Waals surface area contributed by atoms with E-state index < -0.39 is 10.0 Å². The van der Waals surface area contributed by atoms with E-state index in [1.807, 2.05) is 0 Å². The second-order valence-electron chi connectivity index (χ2n) is 1.82. The summed E-state index contributed by atoms with van der Waals surface area (Å²) in [7, 11) is -3.48. The normalized spacial score (nSPS) is 17.5. The van der Waals surface area contributed by atoms with Crippen LogP contribution in [-0.2, 0) is 14.8 Å². The van der Waals surface area contributed by atoms with Crippen LogP contribution in [0.5, 0.6) is 0 Å². The SMILES string of the molecule is NS(=O)(=O)CN1COC=N1. The minimum Gasteiger partial charge on any atom is -0.460 e. The Balaban J connectivity index is 2.47. The van der Waals surface area contributed by atoms with Crippen molar-refractivity contribution in [2.24, 2.45) is 10.2 Å². The zero-order valence-corrected chi connectivity index (χ0v) is 5.91. The number of hydrogen-bond acceptors (Lipinski definition) is 5. The van der Waals surface area contributed by atoms with E-state index in [9.17, 15) is 8.42 Å². The third-order valence-electron chi connectivity index (χ3n) is 0.838. The van der Waals surface area contributed by atoms with Crippen molar-refractivity contribution < 1.29 is 13.2 Å². The predicted molar refractivity (Wildman–Crippen MR) is 34.3 cm³/mol. The highest BCUT2D eigenvalue weighted by Crippen LogP contribution is 1.97. The first kappa shape index (κ1) is 7.29. The Labute approximate surface area is 58.3 Å². The number of sulfonamides is 1. The number of primary sulfonamides is 1. The molecule has 0 bridgehead atoms. The number of hydrazone groups is 1. The van der Waals surface area contributed by atoms with Gasteiger partial charge in [-0.1, -0.05) is 0 Å². The summed E-state index contributed by atoms with van der Waals surface area (Å²) in [6.07, 6.45) is 1.17. The van der Waals surface area contributed by atoms with Gasteiger partial charge < -0.3 is 4.74 Å². The largest absolute Gasteiger partial charge is 0.460 e. The van der Waals surface area contributed by atoms with Crippen molar-refractivity contribution in [2.75, 3.05) is 12.6 Å². The van der Waals surface area contributed by atoms with Gasteiger partial charge in [-0.25, -0.2) is 18.6 Å². The van der Waals surface area contributed by atoms with Crippen molar-refractivity contribution in [3.05, 3.63) is 0 Å². The molecule has 0 radical (unpaired) electrons. The lowest BCUT2D eigenvalue weighted by Crippen LogP contribution is -2.28. The molecule has 0 aromatic heterocycles. The van der Waals surface area contributed by atoms with E-state index in [2.05, 4.69) is 9.84 Å². The Hall–Kier alpha value is -0.820. The van der Waals surface area contributed by atoms with Crippen LogP contribution in [0.4, 0.5) is 0 Å². The number of rotatable bonds is 2. The third-order valence-corrected chi connectivity index (χ3v) is 1.50. The Morgan fingerprint density at radius 2 is 2.50 bits per heavy atom. The van der Waals surface area contributed by atoms with Gasteiger partial charge in [-0.05, 0) is 0 Å². The molecule has 0 unspecified atom stereocenters. The summed E-state index contributed by atoms with van der Waals surface area (Å²) in [5.41, 5.74) is 0. The Morgan fingerprint density at radius 1 is 1.80 bits per heavy atom. The summed E-state index contributed by atoms with van der Waals surface area (Å²) in [5, 5.41) is 9.47.